The van der Waals surface area contributed by atoms with Gasteiger partial charge in [0.05, 0.1) is 5.69 Å². The Kier molecular flexibility index (Phi) is 3.48. The molecule has 0 fully saturated rings. The molecule has 1 aromatic heterocycles. The predicted octanol–water partition coefficient (Wildman–Crippen LogP) is 2.86. The number of hydrogen-bond donors (Lipinski definition) is 1. The van der Waals surface area contributed by atoms with Crippen molar-refractivity contribution in [1.82, 2.24) is 10.2 Å². The molecule has 2 aromatic rings. The van der Waals surface area contributed by atoms with E-state index in [0.717, 1.165) is 11.3 Å². The zero-order valence-electron chi connectivity index (χ0n) is 8.38. The molecule has 0 saturated heterocycles. The van der Waals surface area contributed by atoms with Crippen LogP contribution in [0.25, 0.3) is 0 Å². The Bertz CT molecular complexity index is 619. The van der Waals surface area contributed by atoms with Crippen LogP contribution in [0, 0.1) is 17.5 Å². The second kappa shape index (κ2) is 4.91. The number of aromatic nitrogens is 2. The maximum atomic E-state index is 13.2. The molecule has 94 valence electrons. The topological polar surface area (TPSA) is 54.9 Å². The lowest BCUT2D eigenvalue weighted by molar-refractivity contribution is 0.102. The Hall–Kier alpha value is -1.67. The molecule has 9 heteroatoms. The number of carbonyl (C=O) groups is 1. The van der Waals surface area contributed by atoms with Crippen molar-refractivity contribution in [3.63, 3.8) is 0 Å². The average molecular weight is 294 g/mol. The van der Waals surface area contributed by atoms with E-state index in [4.69, 9.17) is 11.6 Å². The first-order chi connectivity index (χ1) is 8.47. The van der Waals surface area contributed by atoms with Gasteiger partial charge in [-0.3, -0.25) is 4.79 Å². The van der Waals surface area contributed by atoms with Gasteiger partial charge < -0.3 is 5.32 Å². The lowest BCUT2D eigenvalue weighted by Crippen LogP contribution is -2.13. The number of benzene rings is 1. The number of rotatable bonds is 2. The van der Waals surface area contributed by atoms with Crippen molar-refractivity contribution in [3.05, 3.63) is 39.1 Å². The molecule has 0 spiro atoms. The van der Waals surface area contributed by atoms with Gasteiger partial charge in [-0.25, -0.2) is 13.2 Å². The minimum absolute atomic E-state index is 0.0195. The molecule has 0 aliphatic rings. The molecular weight excluding hydrogens is 291 g/mol. The first-order valence-corrected chi connectivity index (χ1v) is 5.61. The molecule has 1 amide bonds. The SMILES string of the molecule is O=C(Nc1cc(F)cc(F)c1F)c1nnc(Cl)s1. The summed E-state index contributed by atoms with van der Waals surface area (Å²) in [5, 5.41) is 8.60. The zero-order valence-corrected chi connectivity index (χ0v) is 9.95. The third kappa shape index (κ3) is 2.59. The van der Waals surface area contributed by atoms with Crippen molar-refractivity contribution in [2.75, 3.05) is 5.32 Å². The van der Waals surface area contributed by atoms with Gasteiger partial charge in [0.15, 0.2) is 11.6 Å². The lowest BCUT2D eigenvalue weighted by Gasteiger charge is -2.05. The second-order valence-electron chi connectivity index (χ2n) is 3.06. The zero-order chi connectivity index (χ0) is 13.3. The van der Waals surface area contributed by atoms with E-state index in [1.807, 2.05) is 5.32 Å². The van der Waals surface area contributed by atoms with Gasteiger partial charge in [0, 0.05) is 12.1 Å². The Balaban J connectivity index is 2.27. The molecule has 2 rings (SSSR count). The van der Waals surface area contributed by atoms with Crippen LogP contribution in [-0.2, 0) is 0 Å². The number of amides is 1. The van der Waals surface area contributed by atoms with Gasteiger partial charge in [-0.2, -0.15) is 0 Å². The maximum Gasteiger partial charge on any atom is 0.286 e. The van der Waals surface area contributed by atoms with Crippen LogP contribution in [0.4, 0.5) is 18.9 Å². The summed E-state index contributed by atoms with van der Waals surface area (Å²) in [5.74, 6) is -4.64. The number of hydrogen-bond acceptors (Lipinski definition) is 4. The van der Waals surface area contributed by atoms with Gasteiger partial charge in [-0.05, 0) is 11.6 Å². The normalized spacial score (nSPS) is 10.4. The van der Waals surface area contributed by atoms with Crippen LogP contribution in [0.15, 0.2) is 12.1 Å². The lowest BCUT2D eigenvalue weighted by atomic mass is 10.3. The highest BCUT2D eigenvalue weighted by atomic mass is 35.5. The van der Waals surface area contributed by atoms with Crippen LogP contribution in [0.1, 0.15) is 9.80 Å². The summed E-state index contributed by atoms with van der Waals surface area (Å²) < 4.78 is 39.0. The molecule has 0 radical (unpaired) electrons. The standard InChI is InChI=1S/C9H3ClF3N3OS/c10-9-16-15-8(18-9)7(17)14-5-2-3(11)1-4(12)6(5)13/h1-2H,(H,14,17). The van der Waals surface area contributed by atoms with Gasteiger partial charge >= 0.3 is 0 Å². The van der Waals surface area contributed by atoms with Gasteiger partial charge in [0.2, 0.25) is 9.47 Å². The molecular formula is C9H3ClF3N3OS. The third-order valence-corrected chi connectivity index (χ3v) is 2.85. The highest BCUT2D eigenvalue weighted by molar-refractivity contribution is 7.17. The van der Waals surface area contributed by atoms with Crippen molar-refractivity contribution < 1.29 is 18.0 Å². The number of halogens is 4. The molecule has 1 N–H and O–H groups in total. The molecule has 0 bridgehead atoms. The molecule has 1 heterocycles. The van der Waals surface area contributed by atoms with E-state index in [-0.39, 0.29) is 9.47 Å². The largest absolute Gasteiger partial charge is 0.317 e. The minimum atomic E-state index is -1.40. The van der Waals surface area contributed by atoms with Crippen molar-refractivity contribution >= 4 is 34.5 Å². The van der Waals surface area contributed by atoms with Crippen LogP contribution in [0.5, 0.6) is 0 Å². The van der Waals surface area contributed by atoms with Crippen molar-refractivity contribution in [2.45, 2.75) is 0 Å². The number of carbonyl (C=O) groups excluding carboxylic acids is 1. The summed E-state index contributed by atoms with van der Waals surface area (Å²) in [7, 11) is 0. The fourth-order valence-corrected chi connectivity index (χ4v) is 1.84. The van der Waals surface area contributed by atoms with E-state index < -0.39 is 29.0 Å². The van der Waals surface area contributed by atoms with Crippen molar-refractivity contribution in [1.29, 1.82) is 0 Å². The molecule has 0 aliphatic carbocycles. The van der Waals surface area contributed by atoms with Gasteiger partial charge in [-0.1, -0.05) is 11.3 Å². The molecule has 0 saturated carbocycles. The molecule has 4 nitrogen and oxygen atoms in total. The highest BCUT2D eigenvalue weighted by Crippen LogP contribution is 2.21. The Morgan fingerprint density at radius 1 is 1.28 bits per heavy atom. The van der Waals surface area contributed by atoms with Crippen molar-refractivity contribution in [2.24, 2.45) is 0 Å². The van der Waals surface area contributed by atoms with Crippen LogP contribution in [-0.4, -0.2) is 16.1 Å². The average Bonchev–Trinajstić information content (AvgIpc) is 2.72. The molecule has 18 heavy (non-hydrogen) atoms. The monoisotopic (exact) mass is 293 g/mol. The van der Waals surface area contributed by atoms with Crippen LogP contribution < -0.4 is 5.32 Å². The number of nitrogens with zero attached hydrogens (tertiary/aromatic N) is 2. The quantitative estimate of drug-likeness (QED) is 0.866. The summed E-state index contributed by atoms with van der Waals surface area (Å²) in [6, 6.07) is 1.02. The van der Waals surface area contributed by atoms with Gasteiger partial charge in [0.25, 0.3) is 5.91 Å². The highest BCUT2D eigenvalue weighted by Gasteiger charge is 2.17. The van der Waals surface area contributed by atoms with Gasteiger partial charge in [0.1, 0.15) is 5.82 Å². The molecule has 0 atom stereocenters. The van der Waals surface area contributed by atoms with E-state index in [9.17, 15) is 18.0 Å². The minimum Gasteiger partial charge on any atom is -0.317 e. The molecule has 1 aromatic carbocycles. The number of anilines is 1. The summed E-state index contributed by atoms with van der Waals surface area (Å²) in [5.41, 5.74) is -0.621. The van der Waals surface area contributed by atoms with Crippen molar-refractivity contribution in [3.8, 4) is 0 Å². The second-order valence-corrected chi connectivity index (χ2v) is 4.62. The smallest absolute Gasteiger partial charge is 0.286 e. The Labute approximate surface area is 107 Å². The van der Waals surface area contributed by atoms with Crippen LogP contribution in [0.2, 0.25) is 4.47 Å². The first kappa shape index (κ1) is 12.8. The summed E-state index contributed by atoms with van der Waals surface area (Å²) in [4.78, 5) is 11.5. The summed E-state index contributed by atoms with van der Waals surface area (Å²) >= 11 is 6.21. The molecule has 0 unspecified atom stereocenters. The number of nitrogens with one attached hydrogen (secondary N) is 1. The maximum absolute atomic E-state index is 13.2. The molecule has 0 aliphatic heterocycles. The fourth-order valence-electron chi connectivity index (χ4n) is 1.12. The van der Waals surface area contributed by atoms with Gasteiger partial charge in [-0.15, -0.1) is 10.2 Å². The van der Waals surface area contributed by atoms with Crippen LogP contribution in [0.3, 0.4) is 0 Å². The first-order valence-electron chi connectivity index (χ1n) is 4.42. The van der Waals surface area contributed by atoms with E-state index in [1.54, 1.807) is 0 Å². The summed E-state index contributed by atoms with van der Waals surface area (Å²) in [6.07, 6.45) is 0. The van der Waals surface area contributed by atoms with Crippen LogP contribution >= 0.6 is 22.9 Å². The van der Waals surface area contributed by atoms with E-state index in [2.05, 4.69) is 10.2 Å². The van der Waals surface area contributed by atoms with E-state index in [1.165, 1.54) is 0 Å². The Morgan fingerprint density at radius 2 is 2.00 bits per heavy atom. The Morgan fingerprint density at radius 3 is 2.61 bits per heavy atom. The third-order valence-electron chi connectivity index (χ3n) is 1.84. The fraction of sp³-hybridized carbons (Fsp3) is 0. The predicted molar refractivity (Wildman–Crippen MR) is 59.2 cm³/mol. The summed E-state index contributed by atoms with van der Waals surface area (Å²) in [6.45, 7) is 0. The van der Waals surface area contributed by atoms with E-state index in [0.29, 0.717) is 12.1 Å². The van der Waals surface area contributed by atoms with E-state index >= 15 is 0 Å².